The van der Waals surface area contributed by atoms with Crippen molar-refractivity contribution in [2.24, 2.45) is 34.5 Å². The Balaban J connectivity index is 1.83. The van der Waals surface area contributed by atoms with Crippen molar-refractivity contribution in [1.82, 2.24) is 0 Å². The molecule has 4 heteroatoms. The van der Waals surface area contributed by atoms with Gasteiger partial charge in [-0.1, -0.05) is 26.3 Å². The number of rotatable bonds is 0. The largest absolute Gasteiger partial charge is 0.422 e. The molecule has 0 aromatic carbocycles. The normalized spacial score (nSPS) is 41.2. The summed E-state index contributed by atoms with van der Waals surface area (Å²) >= 11 is 0. The number of ether oxygens (including phenoxy) is 2. The van der Waals surface area contributed by atoms with Crippen LogP contribution in [-0.4, -0.2) is 17.7 Å². The van der Waals surface area contributed by atoms with E-state index in [1.54, 1.807) is 13.8 Å². The molecule has 3 aliphatic carbocycles. The Morgan fingerprint density at radius 2 is 1.62 bits per heavy atom. The van der Waals surface area contributed by atoms with Gasteiger partial charge in [-0.25, -0.2) is 0 Å². The molecule has 0 unspecified atom stereocenters. The Bertz CT molecular complexity index is 649. The second-order valence-corrected chi connectivity index (χ2v) is 9.50. The molecule has 0 bridgehead atoms. The molecule has 0 N–H and O–H groups in total. The van der Waals surface area contributed by atoms with Crippen LogP contribution in [0.1, 0.15) is 60.8 Å². The summed E-state index contributed by atoms with van der Waals surface area (Å²) in [7, 11) is 0. The van der Waals surface area contributed by atoms with Gasteiger partial charge < -0.3 is 9.47 Å². The third-order valence-electron chi connectivity index (χ3n) is 7.41. The average Bonchev–Trinajstić information content (AvgIpc) is 3.00. The zero-order valence-electron chi connectivity index (χ0n) is 15.6. The fourth-order valence-corrected chi connectivity index (χ4v) is 6.20. The maximum absolute atomic E-state index is 12.9. The summed E-state index contributed by atoms with van der Waals surface area (Å²) in [6.07, 6.45) is 3.00. The Hall–Kier alpha value is -1.32. The SMILES string of the molecule is CC1=C2[C@@H](CC13C(=O)OC(C)(C)OC3=O)[C@@H](C)[C@@H]1CCC(C)(C)[C@@H]21. The van der Waals surface area contributed by atoms with Crippen LogP contribution in [0.5, 0.6) is 0 Å². The van der Waals surface area contributed by atoms with Crippen LogP contribution in [0.2, 0.25) is 0 Å². The van der Waals surface area contributed by atoms with Crippen LogP contribution in [0.15, 0.2) is 11.1 Å². The molecule has 1 saturated heterocycles. The van der Waals surface area contributed by atoms with E-state index in [2.05, 4.69) is 20.8 Å². The highest BCUT2D eigenvalue weighted by Crippen LogP contribution is 2.68. The minimum Gasteiger partial charge on any atom is -0.422 e. The highest BCUT2D eigenvalue weighted by Gasteiger charge is 2.67. The Labute approximate surface area is 144 Å². The van der Waals surface area contributed by atoms with Crippen LogP contribution in [0.4, 0.5) is 0 Å². The summed E-state index contributed by atoms with van der Waals surface area (Å²) in [6, 6.07) is 0. The van der Waals surface area contributed by atoms with Crippen LogP contribution in [0, 0.1) is 34.5 Å². The molecule has 4 aliphatic rings. The number of allylic oxidation sites excluding steroid dienone is 1. The standard InChI is InChI=1S/C20H28O4/c1-10-12-7-8-18(3,4)15(12)14-11(2)20(9-13(10)14)16(21)23-19(5,6)24-17(20)22/h10,12-13,15H,7-9H2,1-6H3/t10-,12-,13-,15+/m0/s1. The minimum absolute atomic E-state index is 0.234. The van der Waals surface area contributed by atoms with Crippen molar-refractivity contribution in [1.29, 1.82) is 0 Å². The maximum Gasteiger partial charge on any atom is 0.331 e. The first-order valence-electron chi connectivity index (χ1n) is 9.19. The quantitative estimate of drug-likeness (QED) is 0.384. The van der Waals surface area contributed by atoms with Gasteiger partial charge in [-0.2, -0.15) is 0 Å². The lowest BCUT2D eigenvalue weighted by atomic mass is 9.73. The summed E-state index contributed by atoms with van der Waals surface area (Å²) in [4.78, 5) is 25.8. The first-order chi connectivity index (χ1) is 11.0. The second kappa shape index (κ2) is 4.44. The van der Waals surface area contributed by atoms with E-state index in [4.69, 9.17) is 9.47 Å². The molecular formula is C20H28O4. The topological polar surface area (TPSA) is 52.6 Å². The van der Waals surface area contributed by atoms with Gasteiger partial charge in [-0.05, 0) is 60.8 Å². The Kier molecular flexibility index (Phi) is 2.99. The molecule has 0 aromatic rings. The van der Waals surface area contributed by atoms with Gasteiger partial charge in [-0.15, -0.1) is 0 Å². The van der Waals surface area contributed by atoms with E-state index in [-0.39, 0.29) is 5.41 Å². The molecule has 4 atom stereocenters. The molecular weight excluding hydrogens is 304 g/mol. The predicted molar refractivity (Wildman–Crippen MR) is 88.7 cm³/mol. The van der Waals surface area contributed by atoms with E-state index in [1.165, 1.54) is 18.4 Å². The molecule has 3 fully saturated rings. The average molecular weight is 332 g/mol. The molecule has 1 aliphatic heterocycles. The number of esters is 2. The molecule has 0 amide bonds. The zero-order chi connectivity index (χ0) is 17.7. The first-order valence-corrected chi connectivity index (χ1v) is 9.19. The second-order valence-electron chi connectivity index (χ2n) is 9.50. The number of carbonyl (C=O) groups is 2. The minimum atomic E-state index is -1.20. The predicted octanol–water partition coefficient (Wildman–Crippen LogP) is 3.85. The van der Waals surface area contributed by atoms with Crippen LogP contribution in [0.25, 0.3) is 0 Å². The Morgan fingerprint density at radius 3 is 2.21 bits per heavy atom. The summed E-state index contributed by atoms with van der Waals surface area (Å²) in [5.41, 5.74) is 1.32. The first kappa shape index (κ1) is 16.2. The smallest absolute Gasteiger partial charge is 0.331 e. The van der Waals surface area contributed by atoms with E-state index >= 15 is 0 Å². The zero-order valence-corrected chi connectivity index (χ0v) is 15.6. The molecule has 1 heterocycles. The number of cyclic esters (lactones) is 2. The van der Waals surface area contributed by atoms with E-state index in [0.717, 1.165) is 5.57 Å². The lowest BCUT2D eigenvalue weighted by Gasteiger charge is -2.40. The molecule has 1 spiro atoms. The van der Waals surface area contributed by atoms with E-state index in [9.17, 15) is 9.59 Å². The van der Waals surface area contributed by atoms with Crippen LogP contribution >= 0.6 is 0 Å². The number of hydrogen-bond donors (Lipinski definition) is 0. The van der Waals surface area contributed by atoms with Crippen molar-refractivity contribution in [3.63, 3.8) is 0 Å². The molecule has 0 radical (unpaired) electrons. The molecule has 2 saturated carbocycles. The van der Waals surface area contributed by atoms with Crippen molar-refractivity contribution >= 4 is 11.9 Å². The van der Waals surface area contributed by atoms with Crippen LogP contribution < -0.4 is 0 Å². The summed E-state index contributed by atoms with van der Waals surface area (Å²) in [5.74, 6) is -0.0160. The van der Waals surface area contributed by atoms with Crippen molar-refractivity contribution in [3.05, 3.63) is 11.1 Å². The van der Waals surface area contributed by atoms with Gasteiger partial charge in [0.15, 0.2) is 5.41 Å². The van der Waals surface area contributed by atoms with E-state index in [1.807, 2.05) is 6.92 Å². The molecule has 132 valence electrons. The lowest BCUT2D eigenvalue weighted by Crippen LogP contribution is -2.54. The van der Waals surface area contributed by atoms with Crippen molar-refractivity contribution in [2.75, 3.05) is 0 Å². The maximum atomic E-state index is 12.9. The summed E-state index contributed by atoms with van der Waals surface area (Å²) in [6.45, 7) is 12.2. The fourth-order valence-electron chi connectivity index (χ4n) is 6.20. The Morgan fingerprint density at radius 1 is 1.04 bits per heavy atom. The third-order valence-corrected chi connectivity index (χ3v) is 7.41. The monoisotopic (exact) mass is 332 g/mol. The highest BCUT2D eigenvalue weighted by atomic mass is 16.7. The van der Waals surface area contributed by atoms with Gasteiger partial charge in [0.2, 0.25) is 0 Å². The molecule has 4 rings (SSSR count). The molecule has 0 aromatic heterocycles. The van der Waals surface area contributed by atoms with E-state index < -0.39 is 23.1 Å². The summed E-state index contributed by atoms with van der Waals surface area (Å²) < 4.78 is 11.0. The summed E-state index contributed by atoms with van der Waals surface area (Å²) in [5, 5.41) is 0. The molecule has 4 nitrogen and oxygen atoms in total. The van der Waals surface area contributed by atoms with Crippen molar-refractivity contribution < 1.29 is 19.1 Å². The number of carbonyl (C=O) groups excluding carboxylic acids is 2. The van der Waals surface area contributed by atoms with Crippen molar-refractivity contribution in [2.45, 2.75) is 66.6 Å². The molecule has 24 heavy (non-hydrogen) atoms. The van der Waals surface area contributed by atoms with Crippen molar-refractivity contribution in [3.8, 4) is 0 Å². The third kappa shape index (κ3) is 1.75. The number of fused-ring (bicyclic) bond motifs is 3. The highest BCUT2D eigenvalue weighted by molar-refractivity contribution is 6.06. The van der Waals surface area contributed by atoms with Gasteiger partial charge >= 0.3 is 11.9 Å². The van der Waals surface area contributed by atoms with Gasteiger partial charge in [0.05, 0.1) is 0 Å². The number of hydrogen-bond acceptors (Lipinski definition) is 4. The van der Waals surface area contributed by atoms with Crippen LogP contribution in [-0.2, 0) is 19.1 Å². The lowest BCUT2D eigenvalue weighted by molar-refractivity contribution is -0.248. The van der Waals surface area contributed by atoms with Gasteiger partial charge in [0.25, 0.3) is 5.79 Å². The van der Waals surface area contributed by atoms with Gasteiger partial charge in [-0.3, -0.25) is 9.59 Å². The van der Waals surface area contributed by atoms with E-state index in [0.29, 0.717) is 30.1 Å². The van der Waals surface area contributed by atoms with Gasteiger partial charge in [0.1, 0.15) is 0 Å². The fraction of sp³-hybridized carbons (Fsp3) is 0.800. The van der Waals surface area contributed by atoms with Gasteiger partial charge in [0, 0.05) is 13.8 Å². The van der Waals surface area contributed by atoms with Crippen LogP contribution in [0.3, 0.4) is 0 Å².